The smallest absolute Gasteiger partial charge is 0.252 e. The average molecular weight is 1000 g/mol. The first-order chi connectivity index (χ1) is 36.5. The zero-order valence-electron chi connectivity index (χ0n) is 47.9. The fourth-order valence-electron chi connectivity index (χ4n) is 12.6. The Balaban J connectivity index is 1.18. The Morgan fingerprint density at radius 2 is 0.883 bits per heavy atom. The Labute approximate surface area is 460 Å². The summed E-state index contributed by atoms with van der Waals surface area (Å²) >= 11 is 0. The van der Waals surface area contributed by atoms with Crippen LogP contribution in [-0.4, -0.2) is 6.71 Å². The monoisotopic (exact) mass is 1000 g/mol. The van der Waals surface area contributed by atoms with Crippen molar-refractivity contribution in [2.45, 2.75) is 124 Å². The molecular weight excluding hydrogens is 930 g/mol. The summed E-state index contributed by atoms with van der Waals surface area (Å²) in [6.45, 7) is 32.7. The number of hydrogen-bond acceptors (Lipinski definition) is 3. The second-order valence-electron chi connectivity index (χ2n) is 26.8. The molecule has 0 saturated carbocycles. The highest BCUT2D eigenvalue weighted by molar-refractivity contribution is 7.00. The standard InChI is InChI=1S/C73H74BN3/c1-69(2,3)48-28-33-52(34-29-48)75(63-27-21-19-24-56(63)47-22-16-15-17-23-47)55-38-40-61-65(46-55)77(54-37-39-58-57-25-18-20-26-59(57)73(13,14)60(58)45-54)67-44-51(72(10,11)12)43-66-68(67)74(61)62-42-50(71(7,8)9)32-41-64(62)76(66)53-35-30-49(31-36-53)70(4,5)6/h15-46H,1-14H3. The van der Waals surface area contributed by atoms with Gasteiger partial charge in [0.2, 0.25) is 0 Å². The van der Waals surface area contributed by atoms with Crippen LogP contribution in [-0.2, 0) is 27.1 Å². The predicted octanol–water partition coefficient (Wildman–Crippen LogP) is 18.4. The molecule has 0 bridgehead atoms. The number of fused-ring (bicyclic) bond motifs is 7. The van der Waals surface area contributed by atoms with Crippen LogP contribution in [0.1, 0.15) is 130 Å². The van der Waals surface area contributed by atoms with E-state index in [1.54, 1.807) is 0 Å². The minimum absolute atomic E-state index is 0.0101. The number of hydrogen-bond donors (Lipinski definition) is 0. The van der Waals surface area contributed by atoms with Crippen molar-refractivity contribution < 1.29 is 0 Å². The minimum Gasteiger partial charge on any atom is -0.311 e. The van der Waals surface area contributed by atoms with Gasteiger partial charge in [0.15, 0.2) is 0 Å². The summed E-state index contributed by atoms with van der Waals surface area (Å²) in [5, 5.41) is 0. The highest BCUT2D eigenvalue weighted by Gasteiger charge is 2.46. The lowest BCUT2D eigenvalue weighted by atomic mass is 9.33. The van der Waals surface area contributed by atoms with Gasteiger partial charge < -0.3 is 14.7 Å². The van der Waals surface area contributed by atoms with Crippen molar-refractivity contribution in [2.24, 2.45) is 0 Å². The zero-order valence-corrected chi connectivity index (χ0v) is 47.9. The fraction of sp³-hybridized carbons (Fsp3) is 0.260. The lowest BCUT2D eigenvalue weighted by molar-refractivity contribution is 0.589. The lowest BCUT2D eigenvalue weighted by Gasteiger charge is -2.46. The zero-order chi connectivity index (χ0) is 54.1. The van der Waals surface area contributed by atoms with Crippen LogP contribution < -0.4 is 31.1 Å². The van der Waals surface area contributed by atoms with Crippen molar-refractivity contribution in [3.63, 3.8) is 0 Å². The average Bonchev–Trinajstić information content (AvgIpc) is 3.82. The second-order valence-corrected chi connectivity index (χ2v) is 26.8. The van der Waals surface area contributed by atoms with Crippen molar-refractivity contribution >= 4 is 74.3 Å². The van der Waals surface area contributed by atoms with Crippen molar-refractivity contribution in [1.82, 2.24) is 0 Å². The van der Waals surface area contributed by atoms with Crippen LogP contribution >= 0.6 is 0 Å². The molecule has 0 N–H and O–H groups in total. The van der Waals surface area contributed by atoms with Gasteiger partial charge in [-0.25, -0.2) is 0 Å². The van der Waals surface area contributed by atoms with E-state index in [9.17, 15) is 0 Å². The first-order valence-corrected chi connectivity index (χ1v) is 28.0. The Hall–Kier alpha value is -7.56. The van der Waals surface area contributed by atoms with Gasteiger partial charge in [-0.2, -0.15) is 0 Å². The molecule has 3 nitrogen and oxygen atoms in total. The number of anilines is 9. The molecule has 0 saturated heterocycles. The van der Waals surface area contributed by atoms with E-state index in [0.717, 1.165) is 22.7 Å². The van der Waals surface area contributed by atoms with Crippen molar-refractivity contribution in [2.75, 3.05) is 14.7 Å². The predicted molar refractivity (Wildman–Crippen MR) is 333 cm³/mol. The van der Waals surface area contributed by atoms with Gasteiger partial charge in [-0.15, -0.1) is 0 Å². The fourth-order valence-corrected chi connectivity index (χ4v) is 12.6. The Kier molecular flexibility index (Phi) is 11.6. The molecule has 0 amide bonds. The maximum Gasteiger partial charge on any atom is 0.252 e. The topological polar surface area (TPSA) is 9.72 Å². The van der Waals surface area contributed by atoms with Crippen molar-refractivity contribution in [3.8, 4) is 22.3 Å². The summed E-state index contributed by atoms with van der Waals surface area (Å²) in [5.41, 5.74) is 27.2. The van der Waals surface area contributed by atoms with E-state index in [4.69, 9.17) is 0 Å². The first-order valence-electron chi connectivity index (χ1n) is 28.0. The molecule has 1 aliphatic carbocycles. The summed E-state index contributed by atoms with van der Waals surface area (Å²) in [6, 6.07) is 74.6. The highest BCUT2D eigenvalue weighted by Crippen LogP contribution is 2.53. The number of rotatable bonds is 6. The van der Waals surface area contributed by atoms with Crippen LogP contribution in [0, 0.1) is 0 Å². The number of nitrogens with zero attached hydrogens (tertiary/aromatic N) is 3. The minimum atomic E-state index is -0.187. The lowest BCUT2D eigenvalue weighted by Crippen LogP contribution is -2.61. The molecule has 384 valence electrons. The normalized spacial score (nSPS) is 14.4. The summed E-state index contributed by atoms with van der Waals surface area (Å²) in [4.78, 5) is 7.73. The molecule has 2 aliphatic heterocycles. The van der Waals surface area contributed by atoms with E-state index in [2.05, 4.69) is 306 Å². The van der Waals surface area contributed by atoms with Gasteiger partial charge in [-0.05, 0) is 161 Å². The Morgan fingerprint density at radius 1 is 0.364 bits per heavy atom. The largest absolute Gasteiger partial charge is 0.311 e. The molecule has 3 aliphatic rings. The van der Waals surface area contributed by atoms with Gasteiger partial charge in [0.25, 0.3) is 6.71 Å². The number of benzene rings is 9. The van der Waals surface area contributed by atoms with Gasteiger partial charge in [0, 0.05) is 56.5 Å². The van der Waals surface area contributed by atoms with Gasteiger partial charge in [-0.1, -0.05) is 218 Å². The first kappa shape index (κ1) is 50.3. The summed E-state index contributed by atoms with van der Waals surface area (Å²) < 4.78 is 0. The summed E-state index contributed by atoms with van der Waals surface area (Å²) in [5.74, 6) is 0. The molecular formula is C73H74BN3. The van der Waals surface area contributed by atoms with Crippen molar-refractivity contribution in [3.05, 3.63) is 228 Å². The van der Waals surface area contributed by atoms with Crippen LogP contribution in [0.25, 0.3) is 22.3 Å². The third-order valence-corrected chi connectivity index (χ3v) is 17.1. The number of para-hydroxylation sites is 1. The second kappa shape index (κ2) is 17.7. The SMILES string of the molecule is CC(C)(C)c1ccc(N(c2ccc3c(c2)N(c2ccc4c(c2)C(C)(C)c2ccccc2-4)c2cc(C(C)(C)C)cc4c2B3c2cc(C(C)(C)C)ccc2N4c2ccc(C(C)(C)C)cc2)c2ccccc2-c2ccccc2)cc1. The molecule has 0 fully saturated rings. The molecule has 9 aromatic rings. The van der Waals surface area contributed by atoms with Crippen LogP contribution in [0.4, 0.5) is 51.2 Å². The van der Waals surface area contributed by atoms with Gasteiger partial charge >= 0.3 is 0 Å². The van der Waals surface area contributed by atoms with Gasteiger partial charge in [-0.3, -0.25) is 0 Å². The molecule has 0 aromatic heterocycles. The summed E-state index contributed by atoms with van der Waals surface area (Å²) in [6.07, 6.45) is 0. The van der Waals surface area contributed by atoms with E-state index in [0.29, 0.717) is 0 Å². The Bertz CT molecular complexity index is 3760. The molecule has 2 heterocycles. The maximum absolute atomic E-state index is 2.65. The van der Waals surface area contributed by atoms with E-state index >= 15 is 0 Å². The molecule has 0 spiro atoms. The quantitative estimate of drug-likeness (QED) is 0.154. The Morgan fingerprint density at radius 3 is 1.52 bits per heavy atom. The molecule has 77 heavy (non-hydrogen) atoms. The van der Waals surface area contributed by atoms with Crippen LogP contribution in [0.5, 0.6) is 0 Å². The summed E-state index contributed by atoms with van der Waals surface area (Å²) in [7, 11) is 0. The maximum atomic E-state index is 2.65. The van der Waals surface area contributed by atoms with E-state index < -0.39 is 0 Å². The van der Waals surface area contributed by atoms with Crippen LogP contribution in [0.15, 0.2) is 194 Å². The van der Waals surface area contributed by atoms with Gasteiger partial charge in [0.05, 0.1) is 5.69 Å². The molecule has 9 aromatic carbocycles. The molecule has 0 radical (unpaired) electrons. The van der Waals surface area contributed by atoms with Crippen LogP contribution in [0.3, 0.4) is 0 Å². The molecule has 0 atom stereocenters. The molecule has 4 heteroatoms. The third kappa shape index (κ3) is 8.42. The van der Waals surface area contributed by atoms with E-state index in [1.807, 2.05) is 0 Å². The van der Waals surface area contributed by atoms with Crippen LogP contribution in [0.2, 0.25) is 0 Å². The molecule has 12 rings (SSSR count). The van der Waals surface area contributed by atoms with Crippen molar-refractivity contribution in [1.29, 1.82) is 0 Å². The van der Waals surface area contributed by atoms with Gasteiger partial charge in [0.1, 0.15) is 0 Å². The van der Waals surface area contributed by atoms with E-state index in [-0.39, 0.29) is 33.8 Å². The third-order valence-electron chi connectivity index (χ3n) is 17.1. The highest BCUT2D eigenvalue weighted by atomic mass is 15.2. The van der Waals surface area contributed by atoms with E-state index in [1.165, 1.54) is 100 Å². The molecule has 0 unspecified atom stereocenters.